The molecule has 1 aromatic heterocycles. The third-order valence-corrected chi connectivity index (χ3v) is 5.35. The van der Waals surface area contributed by atoms with E-state index in [-0.39, 0.29) is 16.8 Å². The van der Waals surface area contributed by atoms with E-state index in [0.29, 0.717) is 15.6 Å². The average molecular weight is 392 g/mol. The average Bonchev–Trinajstić information content (AvgIpc) is 3.27. The van der Waals surface area contributed by atoms with Gasteiger partial charge in [-0.3, -0.25) is 19.7 Å². The number of Topliss-reactive ketones (excluding diaryl/α,β-unsaturated/α-hetero) is 1. The minimum absolute atomic E-state index is 0.0151. The molecule has 0 atom stereocenters. The molecule has 0 bridgehead atoms. The van der Waals surface area contributed by atoms with Crippen molar-refractivity contribution in [2.45, 2.75) is 32.6 Å². The highest BCUT2D eigenvalue weighted by Crippen LogP contribution is 2.31. The lowest BCUT2D eigenvalue weighted by Crippen LogP contribution is -2.30. The third kappa shape index (κ3) is 4.28. The number of benzene rings is 1. The smallest absolute Gasteiger partial charge is 0.315 e. The molecule has 26 heavy (non-hydrogen) atoms. The fourth-order valence-electron chi connectivity index (χ4n) is 3.02. The molecule has 3 rings (SSSR count). The molecule has 0 spiro atoms. The number of nitrogens with one attached hydrogen (secondary N) is 2. The zero-order valence-corrected chi connectivity index (χ0v) is 15.7. The van der Waals surface area contributed by atoms with Crippen LogP contribution in [0.3, 0.4) is 0 Å². The van der Waals surface area contributed by atoms with Gasteiger partial charge in [-0.2, -0.15) is 0 Å². The molecule has 0 saturated heterocycles. The lowest BCUT2D eigenvalue weighted by atomic mass is 9.94. The Balaban J connectivity index is 1.75. The summed E-state index contributed by atoms with van der Waals surface area (Å²) in [4.78, 5) is 40.9. The Hall–Kier alpha value is -2.25. The van der Waals surface area contributed by atoms with Gasteiger partial charge in [-0.1, -0.05) is 47.4 Å². The maximum absolute atomic E-state index is 12.8. The SMILES string of the molecule is Cc1ccc(NC(=O)C(=O)Nc2ncc(Cl)s2)c(C(=O)C2CCCC2)c1. The van der Waals surface area contributed by atoms with Crippen LogP contribution in [0.1, 0.15) is 41.6 Å². The van der Waals surface area contributed by atoms with Gasteiger partial charge in [0.15, 0.2) is 10.9 Å². The van der Waals surface area contributed by atoms with E-state index < -0.39 is 11.8 Å². The Morgan fingerprint density at radius 2 is 1.85 bits per heavy atom. The van der Waals surface area contributed by atoms with Crippen molar-refractivity contribution in [3.63, 3.8) is 0 Å². The zero-order chi connectivity index (χ0) is 18.7. The summed E-state index contributed by atoms with van der Waals surface area (Å²) in [6, 6.07) is 5.21. The summed E-state index contributed by atoms with van der Waals surface area (Å²) in [6.07, 6.45) is 5.21. The van der Waals surface area contributed by atoms with Crippen LogP contribution in [0.5, 0.6) is 0 Å². The molecule has 1 fully saturated rings. The summed E-state index contributed by atoms with van der Waals surface area (Å²) in [5.41, 5.74) is 1.73. The van der Waals surface area contributed by atoms with Crippen molar-refractivity contribution in [3.05, 3.63) is 39.9 Å². The van der Waals surface area contributed by atoms with Crippen molar-refractivity contribution < 1.29 is 14.4 Å². The molecule has 0 radical (unpaired) electrons. The highest BCUT2D eigenvalue weighted by atomic mass is 35.5. The van der Waals surface area contributed by atoms with Crippen LogP contribution in [0, 0.1) is 12.8 Å². The van der Waals surface area contributed by atoms with Gasteiger partial charge in [-0.15, -0.1) is 0 Å². The summed E-state index contributed by atoms with van der Waals surface area (Å²) in [6.45, 7) is 1.88. The number of thiazole rings is 1. The molecular formula is C18H18ClN3O3S. The fourth-order valence-corrected chi connectivity index (χ4v) is 3.83. The van der Waals surface area contributed by atoms with Crippen molar-refractivity contribution in [2.24, 2.45) is 5.92 Å². The van der Waals surface area contributed by atoms with Crippen LogP contribution in [0.15, 0.2) is 24.4 Å². The first-order valence-electron chi connectivity index (χ1n) is 8.32. The maximum atomic E-state index is 12.8. The summed E-state index contributed by atoms with van der Waals surface area (Å²) in [7, 11) is 0. The van der Waals surface area contributed by atoms with Crippen molar-refractivity contribution >= 4 is 51.4 Å². The number of carbonyl (C=O) groups excluding carboxylic acids is 3. The predicted octanol–water partition coefficient (Wildman–Crippen LogP) is 4.06. The van der Waals surface area contributed by atoms with Gasteiger partial charge >= 0.3 is 11.8 Å². The first kappa shape index (κ1) is 18.5. The first-order valence-corrected chi connectivity index (χ1v) is 9.52. The van der Waals surface area contributed by atoms with E-state index in [1.807, 2.05) is 6.92 Å². The number of carbonyl (C=O) groups is 3. The van der Waals surface area contributed by atoms with Gasteiger partial charge in [-0.05, 0) is 31.9 Å². The molecule has 1 aromatic carbocycles. The fraction of sp³-hybridized carbons (Fsp3) is 0.333. The number of amides is 2. The van der Waals surface area contributed by atoms with Gasteiger partial charge in [0.1, 0.15) is 4.34 Å². The molecule has 1 aliphatic rings. The first-order chi connectivity index (χ1) is 12.4. The summed E-state index contributed by atoms with van der Waals surface area (Å²) in [5, 5.41) is 5.16. The Bertz CT molecular complexity index is 859. The van der Waals surface area contributed by atoms with Crippen LogP contribution in [0.4, 0.5) is 10.8 Å². The Morgan fingerprint density at radius 1 is 1.15 bits per heavy atom. The Morgan fingerprint density at radius 3 is 2.50 bits per heavy atom. The van der Waals surface area contributed by atoms with Crippen LogP contribution in [0.2, 0.25) is 4.34 Å². The third-order valence-electron chi connectivity index (χ3n) is 4.32. The number of hydrogen-bond donors (Lipinski definition) is 2. The molecule has 136 valence electrons. The lowest BCUT2D eigenvalue weighted by molar-refractivity contribution is -0.133. The molecule has 6 nitrogen and oxygen atoms in total. The normalized spacial score (nSPS) is 14.2. The number of aromatic nitrogens is 1. The molecule has 2 amide bonds. The second kappa shape index (κ2) is 7.97. The van der Waals surface area contributed by atoms with E-state index in [1.165, 1.54) is 6.20 Å². The molecule has 1 aliphatic carbocycles. The molecule has 1 heterocycles. The minimum Gasteiger partial charge on any atom is -0.317 e. The molecule has 2 aromatic rings. The quantitative estimate of drug-likeness (QED) is 0.607. The van der Waals surface area contributed by atoms with Crippen molar-refractivity contribution in [3.8, 4) is 0 Å². The van der Waals surface area contributed by atoms with Gasteiger partial charge in [0.25, 0.3) is 0 Å². The number of rotatable bonds is 4. The van der Waals surface area contributed by atoms with E-state index >= 15 is 0 Å². The molecule has 1 saturated carbocycles. The van der Waals surface area contributed by atoms with Gasteiger partial charge in [0.05, 0.1) is 11.9 Å². The lowest BCUT2D eigenvalue weighted by Gasteiger charge is -2.14. The summed E-state index contributed by atoms with van der Waals surface area (Å²) < 4.78 is 0.406. The highest BCUT2D eigenvalue weighted by Gasteiger charge is 2.27. The number of anilines is 2. The minimum atomic E-state index is -0.865. The highest BCUT2D eigenvalue weighted by molar-refractivity contribution is 7.19. The van der Waals surface area contributed by atoms with E-state index in [4.69, 9.17) is 11.6 Å². The van der Waals surface area contributed by atoms with Gasteiger partial charge in [0, 0.05) is 11.5 Å². The van der Waals surface area contributed by atoms with Gasteiger partial charge in [-0.25, -0.2) is 4.98 Å². The van der Waals surface area contributed by atoms with Gasteiger partial charge in [0.2, 0.25) is 0 Å². The number of aryl methyl sites for hydroxylation is 1. The molecule has 8 heteroatoms. The number of hydrogen-bond acceptors (Lipinski definition) is 5. The van der Waals surface area contributed by atoms with Crippen LogP contribution >= 0.6 is 22.9 Å². The van der Waals surface area contributed by atoms with Crippen LogP contribution < -0.4 is 10.6 Å². The number of nitrogens with zero attached hydrogens (tertiary/aromatic N) is 1. The van der Waals surface area contributed by atoms with E-state index in [2.05, 4.69) is 15.6 Å². The zero-order valence-electron chi connectivity index (χ0n) is 14.2. The summed E-state index contributed by atoms with van der Waals surface area (Å²) in [5.74, 6) is -1.72. The molecule has 0 aliphatic heterocycles. The Kier molecular flexibility index (Phi) is 5.68. The van der Waals surface area contributed by atoms with Crippen molar-refractivity contribution in [2.75, 3.05) is 10.6 Å². The molecule has 0 unspecified atom stereocenters. The van der Waals surface area contributed by atoms with Crippen molar-refractivity contribution in [1.29, 1.82) is 0 Å². The largest absolute Gasteiger partial charge is 0.317 e. The van der Waals surface area contributed by atoms with E-state index in [9.17, 15) is 14.4 Å². The van der Waals surface area contributed by atoms with Crippen LogP contribution in [-0.2, 0) is 9.59 Å². The number of halogens is 1. The second-order valence-electron chi connectivity index (χ2n) is 6.27. The molecular weight excluding hydrogens is 374 g/mol. The monoisotopic (exact) mass is 391 g/mol. The summed E-state index contributed by atoms with van der Waals surface area (Å²) >= 11 is 6.81. The van der Waals surface area contributed by atoms with Crippen LogP contribution in [-0.4, -0.2) is 22.6 Å². The Labute approximate surface area is 160 Å². The predicted molar refractivity (Wildman–Crippen MR) is 102 cm³/mol. The van der Waals surface area contributed by atoms with E-state index in [0.717, 1.165) is 42.6 Å². The van der Waals surface area contributed by atoms with Crippen LogP contribution in [0.25, 0.3) is 0 Å². The molecule has 2 N–H and O–H groups in total. The van der Waals surface area contributed by atoms with Gasteiger partial charge < -0.3 is 5.32 Å². The topological polar surface area (TPSA) is 88.2 Å². The number of ketones is 1. The standard InChI is InChI=1S/C18H18ClN3O3S/c1-10-6-7-13(12(8-10)15(23)11-4-2-3-5-11)21-16(24)17(25)22-18-20-9-14(19)26-18/h6-9,11H,2-5H2,1H3,(H,21,24)(H,20,22,25). The maximum Gasteiger partial charge on any atom is 0.315 e. The van der Waals surface area contributed by atoms with Crippen molar-refractivity contribution in [1.82, 2.24) is 4.98 Å². The second-order valence-corrected chi connectivity index (χ2v) is 7.93. The van der Waals surface area contributed by atoms with E-state index in [1.54, 1.807) is 18.2 Å².